The number of aliphatic imine (C=N–C) groups is 1. The Bertz CT molecular complexity index is 412. The van der Waals surface area contributed by atoms with Crippen molar-refractivity contribution in [2.75, 3.05) is 20.1 Å². The fraction of sp³-hybridized carbons (Fsp3) is 0.533. The molecule has 0 spiro atoms. The minimum Gasteiger partial charge on any atom is -0.356 e. The molecule has 1 aliphatic rings. The molecule has 1 unspecified atom stereocenters. The lowest BCUT2D eigenvalue weighted by Crippen LogP contribution is -2.41. The summed E-state index contributed by atoms with van der Waals surface area (Å²) < 4.78 is 0. The zero-order chi connectivity index (χ0) is 12.8. The summed E-state index contributed by atoms with van der Waals surface area (Å²) >= 11 is 0. The van der Waals surface area contributed by atoms with Crippen LogP contribution in [-0.2, 0) is 6.42 Å². The first-order chi connectivity index (χ1) is 8.85. The summed E-state index contributed by atoms with van der Waals surface area (Å²) in [5, 5.41) is 6.75. The van der Waals surface area contributed by atoms with Gasteiger partial charge < -0.3 is 10.6 Å². The van der Waals surface area contributed by atoms with Crippen molar-refractivity contribution in [2.24, 2.45) is 4.99 Å². The predicted octanol–water partition coefficient (Wildman–Crippen LogP) is 2.29. The highest BCUT2D eigenvalue weighted by Gasteiger charge is 2.24. The van der Waals surface area contributed by atoms with E-state index in [9.17, 15) is 0 Å². The molecule has 0 saturated heterocycles. The van der Waals surface area contributed by atoms with Crippen LogP contribution in [0.25, 0.3) is 0 Å². The third kappa shape index (κ3) is 3.03. The maximum absolute atomic E-state index is 4.24. The van der Waals surface area contributed by atoms with Crippen LogP contribution in [0, 0.1) is 0 Å². The topological polar surface area (TPSA) is 36.4 Å². The molecular formula is C15H23N3. The van der Waals surface area contributed by atoms with Gasteiger partial charge in [-0.2, -0.15) is 0 Å². The molecule has 0 saturated carbocycles. The first-order valence-electron chi connectivity index (χ1n) is 6.87. The summed E-state index contributed by atoms with van der Waals surface area (Å²) in [6.45, 7) is 4.17. The molecule has 1 atom stereocenters. The van der Waals surface area contributed by atoms with E-state index in [4.69, 9.17) is 0 Å². The van der Waals surface area contributed by atoms with E-state index in [-0.39, 0.29) is 0 Å². The molecule has 0 aromatic heterocycles. The predicted molar refractivity (Wildman–Crippen MR) is 77.2 cm³/mol. The first-order valence-corrected chi connectivity index (χ1v) is 6.87. The molecule has 3 heteroatoms. The van der Waals surface area contributed by atoms with E-state index < -0.39 is 0 Å². The second kappa shape index (κ2) is 6.43. The zero-order valence-corrected chi connectivity index (χ0v) is 11.4. The molecule has 0 radical (unpaired) electrons. The smallest absolute Gasteiger partial charge is 0.190 e. The minimum atomic E-state index is 0.644. The van der Waals surface area contributed by atoms with Crippen LogP contribution < -0.4 is 10.6 Å². The van der Waals surface area contributed by atoms with E-state index in [2.05, 4.69) is 46.8 Å². The number of benzene rings is 1. The Morgan fingerprint density at radius 1 is 1.33 bits per heavy atom. The molecule has 18 heavy (non-hydrogen) atoms. The number of nitrogens with zero attached hydrogens (tertiary/aromatic N) is 1. The molecule has 2 rings (SSSR count). The Kier molecular flexibility index (Phi) is 4.62. The van der Waals surface area contributed by atoms with Gasteiger partial charge >= 0.3 is 0 Å². The van der Waals surface area contributed by atoms with Crippen LogP contribution in [-0.4, -0.2) is 26.1 Å². The van der Waals surface area contributed by atoms with Gasteiger partial charge in [0, 0.05) is 26.1 Å². The van der Waals surface area contributed by atoms with Crippen LogP contribution in [0.4, 0.5) is 0 Å². The Hall–Kier alpha value is -1.51. The van der Waals surface area contributed by atoms with E-state index in [1.54, 1.807) is 0 Å². The van der Waals surface area contributed by atoms with Crippen LogP contribution in [0.5, 0.6) is 0 Å². The van der Waals surface area contributed by atoms with Gasteiger partial charge in [0.15, 0.2) is 5.96 Å². The summed E-state index contributed by atoms with van der Waals surface area (Å²) in [4.78, 5) is 4.24. The third-order valence-corrected chi connectivity index (χ3v) is 3.52. The van der Waals surface area contributed by atoms with Crippen LogP contribution in [0.3, 0.4) is 0 Å². The molecule has 0 aliphatic heterocycles. The second-order valence-corrected chi connectivity index (χ2v) is 4.83. The minimum absolute atomic E-state index is 0.644. The first kappa shape index (κ1) is 12.9. The monoisotopic (exact) mass is 245 g/mol. The fourth-order valence-corrected chi connectivity index (χ4v) is 2.37. The molecule has 1 aromatic carbocycles. The van der Waals surface area contributed by atoms with Gasteiger partial charge in [-0.15, -0.1) is 0 Å². The third-order valence-electron chi connectivity index (χ3n) is 3.52. The van der Waals surface area contributed by atoms with Gasteiger partial charge in [0.05, 0.1) is 0 Å². The summed E-state index contributed by atoms with van der Waals surface area (Å²) in [5.41, 5.74) is 2.99. The molecular weight excluding hydrogens is 222 g/mol. The van der Waals surface area contributed by atoms with Gasteiger partial charge in [-0.3, -0.25) is 4.99 Å². The molecule has 0 bridgehead atoms. The van der Waals surface area contributed by atoms with Gasteiger partial charge in [-0.25, -0.2) is 0 Å². The Morgan fingerprint density at radius 2 is 2.17 bits per heavy atom. The highest BCUT2D eigenvalue weighted by atomic mass is 15.2. The number of rotatable bonds is 5. The van der Waals surface area contributed by atoms with E-state index in [1.807, 2.05) is 7.05 Å². The van der Waals surface area contributed by atoms with Crippen molar-refractivity contribution < 1.29 is 0 Å². The van der Waals surface area contributed by atoms with Crippen LogP contribution in [0.1, 0.15) is 36.8 Å². The van der Waals surface area contributed by atoms with Crippen molar-refractivity contribution in [1.82, 2.24) is 10.6 Å². The summed E-state index contributed by atoms with van der Waals surface area (Å²) in [6.07, 6.45) is 3.59. The second-order valence-electron chi connectivity index (χ2n) is 4.83. The van der Waals surface area contributed by atoms with E-state index in [0.29, 0.717) is 5.92 Å². The standard InChI is InChI=1S/C15H23N3/c1-3-4-9-17-15(16-2)18-11-13-10-12-7-5-6-8-14(12)13/h5-8,13H,3-4,9-11H2,1-2H3,(H2,16,17,18). The van der Waals surface area contributed by atoms with Crippen molar-refractivity contribution in [2.45, 2.75) is 32.1 Å². The molecule has 0 heterocycles. The highest BCUT2D eigenvalue weighted by Crippen LogP contribution is 2.33. The Balaban J connectivity index is 1.75. The fourth-order valence-electron chi connectivity index (χ4n) is 2.37. The Labute approximate surface area is 110 Å². The van der Waals surface area contributed by atoms with Crippen molar-refractivity contribution in [3.8, 4) is 0 Å². The number of hydrogen-bond acceptors (Lipinski definition) is 1. The average Bonchev–Trinajstić information content (AvgIpc) is 2.38. The van der Waals surface area contributed by atoms with Crippen molar-refractivity contribution >= 4 is 5.96 Å². The van der Waals surface area contributed by atoms with E-state index in [0.717, 1.165) is 19.0 Å². The van der Waals surface area contributed by atoms with Crippen LogP contribution in [0.15, 0.2) is 29.3 Å². The van der Waals surface area contributed by atoms with Crippen molar-refractivity contribution in [3.63, 3.8) is 0 Å². The molecule has 3 nitrogen and oxygen atoms in total. The Morgan fingerprint density at radius 3 is 2.89 bits per heavy atom. The molecule has 2 N–H and O–H groups in total. The maximum atomic E-state index is 4.24. The summed E-state index contributed by atoms with van der Waals surface area (Å²) in [7, 11) is 1.83. The summed E-state index contributed by atoms with van der Waals surface area (Å²) in [5.74, 6) is 1.57. The largest absolute Gasteiger partial charge is 0.356 e. The van der Waals surface area contributed by atoms with Crippen molar-refractivity contribution in [3.05, 3.63) is 35.4 Å². The number of guanidine groups is 1. The molecule has 0 fully saturated rings. The quantitative estimate of drug-likeness (QED) is 0.474. The number of fused-ring (bicyclic) bond motifs is 1. The number of hydrogen-bond donors (Lipinski definition) is 2. The normalized spacial score (nSPS) is 17.9. The van der Waals surface area contributed by atoms with Gasteiger partial charge in [0.1, 0.15) is 0 Å². The van der Waals surface area contributed by atoms with Gasteiger partial charge in [0.2, 0.25) is 0 Å². The van der Waals surface area contributed by atoms with E-state index in [1.165, 1.54) is 30.4 Å². The summed E-state index contributed by atoms with van der Waals surface area (Å²) in [6, 6.07) is 8.70. The maximum Gasteiger partial charge on any atom is 0.190 e. The lowest BCUT2D eigenvalue weighted by Gasteiger charge is -2.30. The van der Waals surface area contributed by atoms with Gasteiger partial charge in [-0.05, 0) is 24.0 Å². The van der Waals surface area contributed by atoms with Crippen LogP contribution >= 0.6 is 0 Å². The van der Waals surface area contributed by atoms with Gasteiger partial charge in [0.25, 0.3) is 0 Å². The lowest BCUT2D eigenvalue weighted by molar-refractivity contribution is 0.582. The average molecular weight is 245 g/mol. The number of unbranched alkanes of at least 4 members (excludes halogenated alkanes) is 1. The number of nitrogens with one attached hydrogen (secondary N) is 2. The van der Waals surface area contributed by atoms with E-state index >= 15 is 0 Å². The molecule has 0 amide bonds. The molecule has 1 aromatic rings. The molecule has 1 aliphatic carbocycles. The highest BCUT2D eigenvalue weighted by molar-refractivity contribution is 5.79. The van der Waals surface area contributed by atoms with Crippen molar-refractivity contribution in [1.29, 1.82) is 0 Å². The lowest BCUT2D eigenvalue weighted by atomic mass is 9.78. The molecule has 98 valence electrons. The van der Waals surface area contributed by atoms with Crippen LogP contribution in [0.2, 0.25) is 0 Å². The SMILES string of the molecule is CCCCNC(=NC)NCC1Cc2ccccc21. The zero-order valence-electron chi connectivity index (χ0n) is 11.4. The van der Waals surface area contributed by atoms with Gasteiger partial charge in [-0.1, -0.05) is 37.6 Å².